The SMILES string of the molecule is Cc1ccc(C)c(Cc2c(C)nc(C)nc2N2CCN(C(=O)c3ccccc3)CC2)c1. The van der Waals surface area contributed by atoms with Crippen molar-refractivity contribution in [3.8, 4) is 0 Å². The van der Waals surface area contributed by atoms with E-state index in [0.717, 1.165) is 42.4 Å². The zero-order valence-corrected chi connectivity index (χ0v) is 18.9. The number of aromatic nitrogens is 2. The Bertz CT molecular complexity index is 1090. The zero-order valence-electron chi connectivity index (χ0n) is 18.9. The molecule has 0 bridgehead atoms. The van der Waals surface area contributed by atoms with E-state index in [1.165, 1.54) is 22.3 Å². The summed E-state index contributed by atoms with van der Waals surface area (Å²) in [5.74, 6) is 1.91. The molecular formula is C26H30N4O. The van der Waals surface area contributed by atoms with Crippen LogP contribution in [0.3, 0.4) is 0 Å². The monoisotopic (exact) mass is 414 g/mol. The summed E-state index contributed by atoms with van der Waals surface area (Å²) < 4.78 is 0. The van der Waals surface area contributed by atoms with Gasteiger partial charge < -0.3 is 9.80 Å². The number of anilines is 1. The molecule has 0 atom stereocenters. The number of carbonyl (C=O) groups is 1. The van der Waals surface area contributed by atoms with Crippen LogP contribution in [0.15, 0.2) is 48.5 Å². The molecule has 0 N–H and O–H groups in total. The lowest BCUT2D eigenvalue weighted by atomic mass is 9.97. The Balaban J connectivity index is 1.56. The minimum atomic E-state index is 0.103. The largest absolute Gasteiger partial charge is 0.353 e. The lowest BCUT2D eigenvalue weighted by molar-refractivity contribution is 0.0746. The molecule has 1 saturated heterocycles. The Morgan fingerprint density at radius 3 is 2.32 bits per heavy atom. The third kappa shape index (κ3) is 4.61. The van der Waals surface area contributed by atoms with Gasteiger partial charge in [-0.2, -0.15) is 0 Å². The van der Waals surface area contributed by atoms with Gasteiger partial charge in [0.2, 0.25) is 0 Å². The molecule has 1 aliphatic heterocycles. The molecule has 0 spiro atoms. The van der Waals surface area contributed by atoms with Crippen molar-refractivity contribution in [2.75, 3.05) is 31.1 Å². The predicted molar refractivity (Wildman–Crippen MR) is 125 cm³/mol. The first-order valence-electron chi connectivity index (χ1n) is 10.9. The third-order valence-corrected chi connectivity index (χ3v) is 6.06. The van der Waals surface area contributed by atoms with Crippen LogP contribution in [0, 0.1) is 27.7 Å². The summed E-state index contributed by atoms with van der Waals surface area (Å²) in [6, 6.07) is 16.1. The predicted octanol–water partition coefficient (Wildman–Crippen LogP) is 4.26. The second-order valence-corrected chi connectivity index (χ2v) is 8.41. The molecule has 1 amide bonds. The van der Waals surface area contributed by atoms with E-state index < -0.39 is 0 Å². The number of aryl methyl sites for hydroxylation is 4. The molecule has 3 aromatic rings. The van der Waals surface area contributed by atoms with E-state index >= 15 is 0 Å². The maximum atomic E-state index is 12.8. The first-order valence-corrected chi connectivity index (χ1v) is 10.9. The molecule has 5 nitrogen and oxygen atoms in total. The molecular weight excluding hydrogens is 384 g/mol. The average Bonchev–Trinajstić information content (AvgIpc) is 2.78. The van der Waals surface area contributed by atoms with Gasteiger partial charge in [0, 0.05) is 49.4 Å². The Labute approximate surface area is 184 Å². The molecule has 1 aliphatic rings. The molecule has 1 aromatic heterocycles. The van der Waals surface area contributed by atoms with Gasteiger partial charge in [-0.15, -0.1) is 0 Å². The summed E-state index contributed by atoms with van der Waals surface area (Å²) in [4.78, 5) is 26.6. The molecule has 0 saturated carbocycles. The number of nitrogens with zero attached hydrogens (tertiary/aromatic N) is 4. The summed E-state index contributed by atoms with van der Waals surface area (Å²) >= 11 is 0. The van der Waals surface area contributed by atoms with Crippen LogP contribution in [0.2, 0.25) is 0 Å². The van der Waals surface area contributed by atoms with Gasteiger partial charge in [0.25, 0.3) is 5.91 Å². The van der Waals surface area contributed by atoms with Crippen LogP contribution in [0.4, 0.5) is 5.82 Å². The van der Waals surface area contributed by atoms with E-state index in [4.69, 9.17) is 4.98 Å². The van der Waals surface area contributed by atoms with Gasteiger partial charge in [0.1, 0.15) is 11.6 Å². The van der Waals surface area contributed by atoms with Crippen molar-refractivity contribution >= 4 is 11.7 Å². The standard InChI is InChI=1S/C26H30N4O/c1-18-10-11-19(2)23(16-18)17-24-20(3)27-21(4)28-25(24)29-12-14-30(15-13-29)26(31)22-8-6-5-7-9-22/h5-11,16H,12-15,17H2,1-4H3. The molecule has 0 radical (unpaired) electrons. The summed E-state index contributed by atoms with van der Waals surface area (Å²) in [5.41, 5.74) is 6.83. The third-order valence-electron chi connectivity index (χ3n) is 6.06. The number of piperazine rings is 1. The molecule has 2 aromatic carbocycles. The fraction of sp³-hybridized carbons (Fsp3) is 0.346. The van der Waals surface area contributed by atoms with Crippen molar-refractivity contribution in [1.82, 2.24) is 14.9 Å². The minimum absolute atomic E-state index is 0.103. The van der Waals surface area contributed by atoms with Crippen LogP contribution in [0.1, 0.15) is 44.1 Å². The number of carbonyl (C=O) groups excluding carboxylic acids is 1. The highest BCUT2D eigenvalue weighted by Gasteiger charge is 2.25. The van der Waals surface area contributed by atoms with Gasteiger partial charge in [-0.1, -0.05) is 42.0 Å². The quantitative estimate of drug-likeness (QED) is 0.640. The molecule has 1 fully saturated rings. The second kappa shape index (κ2) is 8.88. The highest BCUT2D eigenvalue weighted by molar-refractivity contribution is 5.94. The van der Waals surface area contributed by atoms with Crippen molar-refractivity contribution in [3.63, 3.8) is 0 Å². The number of amides is 1. The van der Waals surface area contributed by atoms with E-state index in [0.29, 0.717) is 13.1 Å². The number of hydrogen-bond donors (Lipinski definition) is 0. The Kier molecular flexibility index (Phi) is 6.03. The van der Waals surface area contributed by atoms with Gasteiger partial charge in [0.15, 0.2) is 0 Å². The highest BCUT2D eigenvalue weighted by atomic mass is 16.2. The molecule has 5 heteroatoms. The number of rotatable bonds is 4. The summed E-state index contributed by atoms with van der Waals surface area (Å²) in [7, 11) is 0. The van der Waals surface area contributed by atoms with Crippen LogP contribution in [-0.2, 0) is 6.42 Å². The van der Waals surface area contributed by atoms with Crippen LogP contribution >= 0.6 is 0 Å². The summed E-state index contributed by atoms with van der Waals surface area (Å²) in [6.45, 7) is 11.2. The normalized spacial score (nSPS) is 14.1. The van der Waals surface area contributed by atoms with Gasteiger partial charge in [-0.05, 0) is 51.0 Å². The topological polar surface area (TPSA) is 49.3 Å². The number of hydrogen-bond acceptors (Lipinski definition) is 4. The van der Waals surface area contributed by atoms with Gasteiger partial charge >= 0.3 is 0 Å². The van der Waals surface area contributed by atoms with E-state index in [-0.39, 0.29) is 5.91 Å². The van der Waals surface area contributed by atoms with Crippen LogP contribution in [0.5, 0.6) is 0 Å². The Morgan fingerprint density at radius 1 is 0.903 bits per heavy atom. The Hall–Kier alpha value is -3.21. The molecule has 2 heterocycles. The van der Waals surface area contributed by atoms with Gasteiger partial charge in [0.05, 0.1) is 0 Å². The summed E-state index contributed by atoms with van der Waals surface area (Å²) in [6.07, 6.45) is 0.818. The van der Waals surface area contributed by atoms with Crippen molar-refractivity contribution in [2.24, 2.45) is 0 Å². The summed E-state index contributed by atoms with van der Waals surface area (Å²) in [5, 5.41) is 0. The van der Waals surface area contributed by atoms with Crippen molar-refractivity contribution in [3.05, 3.63) is 87.9 Å². The molecule has 0 unspecified atom stereocenters. The smallest absolute Gasteiger partial charge is 0.253 e. The first-order chi connectivity index (χ1) is 14.9. The lowest BCUT2D eigenvalue weighted by Gasteiger charge is -2.36. The van der Waals surface area contributed by atoms with Crippen LogP contribution in [-0.4, -0.2) is 47.0 Å². The van der Waals surface area contributed by atoms with E-state index in [1.807, 2.05) is 42.2 Å². The molecule has 4 rings (SSSR count). The van der Waals surface area contributed by atoms with Crippen LogP contribution < -0.4 is 4.90 Å². The highest BCUT2D eigenvalue weighted by Crippen LogP contribution is 2.27. The Morgan fingerprint density at radius 2 is 1.61 bits per heavy atom. The van der Waals surface area contributed by atoms with Crippen molar-refractivity contribution in [1.29, 1.82) is 0 Å². The maximum Gasteiger partial charge on any atom is 0.253 e. The van der Waals surface area contributed by atoms with E-state index in [2.05, 4.69) is 48.9 Å². The van der Waals surface area contributed by atoms with E-state index in [1.54, 1.807) is 0 Å². The minimum Gasteiger partial charge on any atom is -0.353 e. The second-order valence-electron chi connectivity index (χ2n) is 8.41. The molecule has 160 valence electrons. The zero-order chi connectivity index (χ0) is 22.0. The fourth-order valence-electron chi connectivity index (χ4n) is 4.25. The van der Waals surface area contributed by atoms with Crippen molar-refractivity contribution < 1.29 is 4.79 Å². The maximum absolute atomic E-state index is 12.8. The number of benzene rings is 2. The molecule has 31 heavy (non-hydrogen) atoms. The molecule has 0 aliphatic carbocycles. The fourth-order valence-corrected chi connectivity index (χ4v) is 4.25. The van der Waals surface area contributed by atoms with Crippen LogP contribution in [0.25, 0.3) is 0 Å². The lowest BCUT2D eigenvalue weighted by Crippen LogP contribution is -2.49. The van der Waals surface area contributed by atoms with E-state index in [9.17, 15) is 4.79 Å². The average molecular weight is 415 g/mol. The van der Waals surface area contributed by atoms with Gasteiger partial charge in [-0.3, -0.25) is 4.79 Å². The van der Waals surface area contributed by atoms with Gasteiger partial charge in [-0.25, -0.2) is 9.97 Å². The van der Waals surface area contributed by atoms with Crippen molar-refractivity contribution in [2.45, 2.75) is 34.1 Å². The first kappa shape index (κ1) is 21.0.